The van der Waals surface area contributed by atoms with Crippen molar-refractivity contribution in [2.24, 2.45) is 0 Å². The number of methoxy groups -OCH3 is 1. The number of hydrogen-bond donors (Lipinski definition) is 2. The summed E-state index contributed by atoms with van der Waals surface area (Å²) >= 11 is 0. The molecular formula is C22H27N3O6S. The Hall–Kier alpha value is -2.95. The van der Waals surface area contributed by atoms with Gasteiger partial charge < -0.3 is 20.1 Å². The first-order valence-electron chi connectivity index (χ1n) is 10.2. The molecule has 1 saturated heterocycles. The molecule has 1 atom stereocenters. The summed E-state index contributed by atoms with van der Waals surface area (Å²) in [7, 11) is -2.21. The fourth-order valence-electron chi connectivity index (χ4n) is 3.35. The lowest BCUT2D eigenvalue weighted by Gasteiger charge is -2.22. The zero-order valence-corrected chi connectivity index (χ0v) is 18.9. The van der Waals surface area contributed by atoms with Crippen molar-refractivity contribution in [3.8, 4) is 5.75 Å². The molecule has 1 aliphatic heterocycles. The minimum atomic E-state index is -3.78. The summed E-state index contributed by atoms with van der Waals surface area (Å²) in [5.41, 5.74) is 1.86. The Morgan fingerprint density at radius 3 is 2.50 bits per heavy atom. The van der Waals surface area contributed by atoms with Gasteiger partial charge in [0.05, 0.1) is 25.2 Å². The van der Waals surface area contributed by atoms with Crippen molar-refractivity contribution >= 4 is 21.8 Å². The molecule has 2 N–H and O–H groups in total. The minimum absolute atomic E-state index is 0.135. The number of nitrogens with one attached hydrogen (secondary N) is 2. The van der Waals surface area contributed by atoms with Gasteiger partial charge in [-0.1, -0.05) is 35.9 Å². The van der Waals surface area contributed by atoms with Crippen molar-refractivity contribution in [1.82, 2.24) is 14.9 Å². The molecular weight excluding hydrogens is 434 g/mol. The van der Waals surface area contributed by atoms with Crippen LogP contribution in [0.3, 0.4) is 0 Å². The van der Waals surface area contributed by atoms with E-state index >= 15 is 0 Å². The van der Waals surface area contributed by atoms with Crippen LogP contribution in [0.4, 0.5) is 0 Å². The van der Waals surface area contributed by atoms with E-state index in [4.69, 9.17) is 9.47 Å². The molecule has 0 unspecified atom stereocenters. The van der Waals surface area contributed by atoms with E-state index in [2.05, 4.69) is 10.6 Å². The van der Waals surface area contributed by atoms with Gasteiger partial charge in [-0.2, -0.15) is 4.31 Å². The van der Waals surface area contributed by atoms with Crippen molar-refractivity contribution in [2.75, 3.05) is 33.4 Å². The molecule has 1 aliphatic rings. The van der Waals surface area contributed by atoms with Crippen LogP contribution in [0, 0.1) is 6.92 Å². The van der Waals surface area contributed by atoms with Crippen LogP contribution in [0.25, 0.3) is 0 Å². The fraction of sp³-hybridized carbons (Fsp3) is 0.364. The van der Waals surface area contributed by atoms with E-state index in [1.165, 1.54) is 16.4 Å². The molecule has 1 fully saturated rings. The first kappa shape index (κ1) is 23.7. The molecule has 2 amide bonds. The number of aryl methyl sites for hydroxylation is 1. The van der Waals surface area contributed by atoms with E-state index in [1.54, 1.807) is 19.2 Å². The predicted molar refractivity (Wildman–Crippen MR) is 118 cm³/mol. The summed E-state index contributed by atoms with van der Waals surface area (Å²) in [5, 5.41) is 5.00. The third kappa shape index (κ3) is 5.64. The van der Waals surface area contributed by atoms with Crippen LogP contribution in [-0.2, 0) is 30.8 Å². The topological polar surface area (TPSA) is 114 Å². The maximum atomic E-state index is 12.9. The van der Waals surface area contributed by atoms with Gasteiger partial charge in [0.2, 0.25) is 10.0 Å². The highest BCUT2D eigenvalue weighted by Gasteiger charge is 2.36. The van der Waals surface area contributed by atoms with Gasteiger partial charge in [-0.25, -0.2) is 8.42 Å². The fourth-order valence-corrected chi connectivity index (χ4v) is 4.86. The number of carbonyl (C=O) groups is 2. The summed E-state index contributed by atoms with van der Waals surface area (Å²) in [5.74, 6) is -0.946. The lowest BCUT2D eigenvalue weighted by molar-refractivity contribution is -0.139. The van der Waals surface area contributed by atoms with Gasteiger partial charge in [-0.15, -0.1) is 0 Å². The molecule has 2 aromatic carbocycles. The second-order valence-electron chi connectivity index (χ2n) is 7.28. The van der Waals surface area contributed by atoms with Gasteiger partial charge in [-0.3, -0.25) is 9.59 Å². The molecule has 10 heteroatoms. The van der Waals surface area contributed by atoms with Crippen LogP contribution in [0.1, 0.15) is 11.1 Å². The molecule has 1 heterocycles. The Morgan fingerprint density at radius 2 is 1.78 bits per heavy atom. The number of hydrogen-bond acceptors (Lipinski definition) is 6. The standard InChI is InChI=1S/C22H27N3O6S/c1-16-7-9-18(10-8-16)32(28,29)25-13-14-31-20(25)15-24-22(27)21(26)23-12-11-17-5-3-4-6-19(17)30-2/h3-10,20H,11-15H2,1-2H3,(H,23,26)(H,24,27)/t20-/m1/s1. The monoisotopic (exact) mass is 461 g/mol. The number of rotatable bonds is 8. The maximum absolute atomic E-state index is 12.9. The van der Waals surface area contributed by atoms with E-state index in [-0.39, 0.29) is 31.1 Å². The summed E-state index contributed by atoms with van der Waals surface area (Å²) in [4.78, 5) is 24.4. The van der Waals surface area contributed by atoms with Crippen LogP contribution in [-0.4, -0.2) is 64.1 Å². The lowest BCUT2D eigenvalue weighted by Crippen LogP contribution is -2.47. The first-order valence-corrected chi connectivity index (χ1v) is 11.6. The number of sulfonamides is 1. The first-order chi connectivity index (χ1) is 15.3. The Kier molecular flexibility index (Phi) is 7.84. The highest BCUT2D eigenvalue weighted by Crippen LogP contribution is 2.22. The Bertz CT molecular complexity index is 1060. The number of ether oxygens (including phenoxy) is 2. The molecule has 3 rings (SSSR count). The van der Waals surface area contributed by atoms with E-state index in [0.717, 1.165) is 11.1 Å². The Balaban J connectivity index is 1.51. The normalized spacial score (nSPS) is 16.5. The van der Waals surface area contributed by atoms with Crippen molar-refractivity contribution in [1.29, 1.82) is 0 Å². The Labute approximate surface area is 187 Å². The molecule has 0 aliphatic carbocycles. The van der Waals surface area contributed by atoms with Crippen LogP contribution < -0.4 is 15.4 Å². The van der Waals surface area contributed by atoms with Gasteiger partial charge in [0, 0.05) is 13.1 Å². The maximum Gasteiger partial charge on any atom is 0.309 e. The van der Waals surface area contributed by atoms with Crippen LogP contribution in [0.15, 0.2) is 53.4 Å². The summed E-state index contributed by atoms with van der Waals surface area (Å²) < 4.78 is 37.7. The van der Waals surface area contributed by atoms with Crippen molar-refractivity contribution in [2.45, 2.75) is 24.5 Å². The van der Waals surface area contributed by atoms with Gasteiger partial charge in [0.1, 0.15) is 12.0 Å². The van der Waals surface area contributed by atoms with E-state index < -0.39 is 28.1 Å². The SMILES string of the molecule is COc1ccccc1CCNC(=O)C(=O)NC[C@H]1OCCN1S(=O)(=O)c1ccc(C)cc1. The lowest BCUT2D eigenvalue weighted by atomic mass is 10.1. The minimum Gasteiger partial charge on any atom is -0.496 e. The molecule has 9 nitrogen and oxygen atoms in total. The average molecular weight is 462 g/mol. The Morgan fingerprint density at radius 1 is 1.09 bits per heavy atom. The summed E-state index contributed by atoms with van der Waals surface area (Å²) in [6.45, 7) is 2.36. The summed E-state index contributed by atoms with van der Waals surface area (Å²) in [6, 6.07) is 13.9. The van der Waals surface area contributed by atoms with Crippen molar-refractivity contribution in [3.05, 3.63) is 59.7 Å². The number of amides is 2. The number of nitrogens with zero attached hydrogens (tertiary/aromatic N) is 1. The molecule has 0 bridgehead atoms. The third-order valence-electron chi connectivity index (χ3n) is 5.09. The van der Waals surface area contributed by atoms with E-state index in [9.17, 15) is 18.0 Å². The molecule has 0 saturated carbocycles. The van der Waals surface area contributed by atoms with Crippen LogP contribution in [0.5, 0.6) is 5.75 Å². The largest absolute Gasteiger partial charge is 0.496 e. The molecule has 2 aromatic rings. The molecule has 0 aromatic heterocycles. The number of benzene rings is 2. The highest BCUT2D eigenvalue weighted by molar-refractivity contribution is 7.89. The van der Waals surface area contributed by atoms with Crippen molar-refractivity contribution < 1.29 is 27.5 Å². The van der Waals surface area contributed by atoms with E-state index in [0.29, 0.717) is 12.2 Å². The quantitative estimate of drug-likeness (QED) is 0.563. The summed E-state index contributed by atoms with van der Waals surface area (Å²) in [6.07, 6.45) is -0.385. The zero-order valence-electron chi connectivity index (χ0n) is 18.0. The van der Waals surface area contributed by atoms with Gasteiger partial charge in [0.25, 0.3) is 0 Å². The second kappa shape index (κ2) is 10.6. The van der Waals surface area contributed by atoms with Crippen LogP contribution in [0.2, 0.25) is 0 Å². The predicted octanol–water partition coefficient (Wildman–Crippen LogP) is 0.826. The smallest absolute Gasteiger partial charge is 0.309 e. The van der Waals surface area contributed by atoms with Gasteiger partial charge in [-0.05, 0) is 37.1 Å². The zero-order chi connectivity index (χ0) is 23.1. The molecule has 0 radical (unpaired) electrons. The van der Waals surface area contributed by atoms with Crippen molar-refractivity contribution in [3.63, 3.8) is 0 Å². The van der Waals surface area contributed by atoms with Gasteiger partial charge in [0.15, 0.2) is 0 Å². The van der Waals surface area contributed by atoms with Gasteiger partial charge >= 0.3 is 11.8 Å². The highest BCUT2D eigenvalue weighted by atomic mass is 32.2. The second-order valence-corrected chi connectivity index (χ2v) is 9.17. The third-order valence-corrected chi connectivity index (χ3v) is 6.99. The molecule has 172 valence electrons. The average Bonchev–Trinajstić information content (AvgIpc) is 3.27. The molecule has 32 heavy (non-hydrogen) atoms. The molecule has 0 spiro atoms. The van der Waals surface area contributed by atoms with E-state index in [1.807, 2.05) is 31.2 Å². The number of carbonyl (C=O) groups excluding carboxylic acids is 2. The van der Waals surface area contributed by atoms with Crippen LogP contribution >= 0.6 is 0 Å². The number of para-hydroxylation sites is 1.